The summed E-state index contributed by atoms with van der Waals surface area (Å²) >= 11 is 7.82. The summed E-state index contributed by atoms with van der Waals surface area (Å²) in [6.07, 6.45) is 0. The van der Waals surface area contributed by atoms with Crippen molar-refractivity contribution in [1.29, 1.82) is 5.26 Å². The summed E-state index contributed by atoms with van der Waals surface area (Å²) in [5, 5.41) is 9.89. The highest BCUT2D eigenvalue weighted by molar-refractivity contribution is 8.00. The lowest BCUT2D eigenvalue weighted by Gasteiger charge is -2.39. The van der Waals surface area contributed by atoms with E-state index in [0.717, 1.165) is 29.1 Å². The summed E-state index contributed by atoms with van der Waals surface area (Å²) in [4.78, 5) is 2.34. The molecular weight excluding hydrogens is 264 g/mol. The van der Waals surface area contributed by atoms with Crippen LogP contribution in [0.15, 0.2) is 18.2 Å². The fourth-order valence-electron chi connectivity index (χ4n) is 2.28. The molecule has 0 N–H and O–H groups in total. The van der Waals surface area contributed by atoms with Crippen molar-refractivity contribution in [2.45, 2.75) is 31.0 Å². The number of nitrogens with zero attached hydrogens (tertiary/aromatic N) is 2. The summed E-state index contributed by atoms with van der Waals surface area (Å²) in [7, 11) is 0. The Morgan fingerprint density at radius 1 is 1.50 bits per heavy atom. The van der Waals surface area contributed by atoms with Crippen molar-refractivity contribution in [1.82, 2.24) is 0 Å². The Kier molecular flexibility index (Phi) is 4.42. The number of rotatable bonds is 2. The molecule has 18 heavy (non-hydrogen) atoms. The van der Waals surface area contributed by atoms with Crippen molar-refractivity contribution in [3.63, 3.8) is 0 Å². The fraction of sp³-hybridized carbons (Fsp3) is 0.500. The number of hydrogen-bond donors (Lipinski definition) is 0. The topological polar surface area (TPSA) is 27.0 Å². The first kappa shape index (κ1) is 13.6. The van der Waals surface area contributed by atoms with Crippen LogP contribution < -0.4 is 4.90 Å². The molecule has 0 spiro atoms. The van der Waals surface area contributed by atoms with E-state index < -0.39 is 0 Å². The third-order valence-electron chi connectivity index (χ3n) is 3.53. The number of halogens is 1. The summed E-state index contributed by atoms with van der Waals surface area (Å²) in [5.74, 6) is 1.57. The molecule has 2 unspecified atom stereocenters. The molecule has 0 radical (unpaired) electrons. The average molecular weight is 281 g/mol. The van der Waals surface area contributed by atoms with E-state index in [-0.39, 0.29) is 0 Å². The van der Waals surface area contributed by atoms with Crippen LogP contribution in [0.2, 0.25) is 0 Å². The number of anilines is 1. The molecule has 2 nitrogen and oxygen atoms in total. The van der Waals surface area contributed by atoms with Crippen LogP contribution in [0.25, 0.3) is 0 Å². The minimum Gasteiger partial charge on any atom is -0.366 e. The Morgan fingerprint density at radius 2 is 2.28 bits per heavy atom. The Bertz CT molecular complexity index is 469. The van der Waals surface area contributed by atoms with E-state index in [1.807, 2.05) is 30.0 Å². The molecule has 1 aromatic rings. The largest absolute Gasteiger partial charge is 0.366 e. The first-order valence-electron chi connectivity index (χ1n) is 6.14. The molecule has 1 saturated heterocycles. The maximum absolute atomic E-state index is 9.30. The predicted octanol–water partition coefficient (Wildman–Crippen LogP) is 3.63. The highest BCUT2D eigenvalue weighted by Crippen LogP contribution is 2.31. The molecule has 0 aliphatic carbocycles. The second kappa shape index (κ2) is 5.86. The predicted molar refractivity (Wildman–Crippen MR) is 79.4 cm³/mol. The molecule has 1 aliphatic rings. The number of hydrogen-bond acceptors (Lipinski definition) is 3. The van der Waals surface area contributed by atoms with Gasteiger partial charge in [-0.2, -0.15) is 17.0 Å². The number of alkyl halides is 1. The van der Waals surface area contributed by atoms with Crippen molar-refractivity contribution in [3.05, 3.63) is 29.3 Å². The van der Waals surface area contributed by atoms with E-state index in [2.05, 4.69) is 24.8 Å². The Labute approximate surface area is 118 Å². The number of nitriles is 1. The normalized spacial score (nSPS) is 23.8. The Morgan fingerprint density at radius 3 is 2.94 bits per heavy atom. The maximum atomic E-state index is 9.30. The van der Waals surface area contributed by atoms with Gasteiger partial charge in [0.05, 0.1) is 11.3 Å². The van der Waals surface area contributed by atoms with Gasteiger partial charge in [-0.05, 0) is 24.6 Å². The van der Waals surface area contributed by atoms with Gasteiger partial charge in [-0.3, -0.25) is 0 Å². The lowest BCUT2D eigenvalue weighted by atomic mass is 10.1. The standard InChI is InChI=1S/C14H17ClN2S/c1-10-11(2)18-6-5-17(10)14-4-3-12(8-15)7-13(14)9-16/h3-4,7,10-11H,5-6,8H2,1-2H3. The molecule has 2 atom stereocenters. The van der Waals surface area contributed by atoms with E-state index in [9.17, 15) is 5.26 Å². The minimum absolute atomic E-state index is 0.455. The van der Waals surface area contributed by atoms with Gasteiger partial charge >= 0.3 is 0 Å². The van der Waals surface area contributed by atoms with Crippen molar-refractivity contribution in [2.75, 3.05) is 17.2 Å². The van der Waals surface area contributed by atoms with Gasteiger partial charge in [0.1, 0.15) is 6.07 Å². The monoisotopic (exact) mass is 280 g/mol. The van der Waals surface area contributed by atoms with Crippen LogP contribution in [0.4, 0.5) is 5.69 Å². The quantitative estimate of drug-likeness (QED) is 0.774. The summed E-state index contributed by atoms with van der Waals surface area (Å²) in [6.45, 7) is 5.49. The van der Waals surface area contributed by atoms with Crippen molar-refractivity contribution in [3.8, 4) is 6.07 Å². The fourth-order valence-corrected chi connectivity index (χ4v) is 3.54. The molecule has 0 amide bonds. The van der Waals surface area contributed by atoms with Gasteiger partial charge < -0.3 is 4.90 Å². The Hall–Kier alpha value is -0.850. The van der Waals surface area contributed by atoms with Crippen LogP contribution in [-0.4, -0.2) is 23.6 Å². The summed E-state index contributed by atoms with van der Waals surface area (Å²) in [6, 6.07) is 8.71. The van der Waals surface area contributed by atoms with Gasteiger partial charge in [0.15, 0.2) is 0 Å². The SMILES string of the molecule is CC1SCCN(c2ccc(CCl)cc2C#N)C1C. The van der Waals surface area contributed by atoms with Gasteiger partial charge in [0, 0.05) is 29.5 Å². The zero-order valence-electron chi connectivity index (χ0n) is 10.7. The van der Waals surface area contributed by atoms with E-state index in [1.54, 1.807) is 0 Å². The van der Waals surface area contributed by atoms with Gasteiger partial charge in [-0.1, -0.05) is 13.0 Å². The second-order valence-corrected chi connectivity index (χ2v) is 6.36. The molecular formula is C14H17ClN2S. The molecule has 96 valence electrons. The molecule has 0 saturated carbocycles. The smallest absolute Gasteiger partial charge is 0.101 e. The van der Waals surface area contributed by atoms with Crippen molar-refractivity contribution in [2.24, 2.45) is 0 Å². The zero-order valence-corrected chi connectivity index (χ0v) is 12.3. The van der Waals surface area contributed by atoms with Crippen molar-refractivity contribution >= 4 is 29.1 Å². The van der Waals surface area contributed by atoms with E-state index in [0.29, 0.717) is 17.2 Å². The summed E-state index contributed by atoms with van der Waals surface area (Å²) < 4.78 is 0. The average Bonchev–Trinajstić information content (AvgIpc) is 2.41. The highest BCUT2D eigenvalue weighted by Gasteiger charge is 2.26. The second-order valence-electron chi connectivity index (χ2n) is 4.61. The third-order valence-corrected chi connectivity index (χ3v) is 5.18. The van der Waals surface area contributed by atoms with Crippen LogP contribution in [-0.2, 0) is 5.88 Å². The number of benzene rings is 1. The van der Waals surface area contributed by atoms with Gasteiger partial charge in [-0.25, -0.2) is 0 Å². The summed E-state index contributed by atoms with van der Waals surface area (Å²) in [5.41, 5.74) is 2.79. The van der Waals surface area contributed by atoms with Gasteiger partial charge in [0.2, 0.25) is 0 Å². The maximum Gasteiger partial charge on any atom is 0.101 e. The zero-order chi connectivity index (χ0) is 13.1. The first-order chi connectivity index (χ1) is 8.67. The lowest BCUT2D eigenvalue weighted by molar-refractivity contribution is 0.627. The van der Waals surface area contributed by atoms with Crippen LogP contribution in [0.1, 0.15) is 25.0 Å². The molecule has 1 aromatic carbocycles. The minimum atomic E-state index is 0.455. The molecule has 0 bridgehead atoms. The third kappa shape index (κ3) is 2.60. The van der Waals surface area contributed by atoms with Gasteiger partial charge in [-0.15, -0.1) is 11.6 Å². The van der Waals surface area contributed by atoms with Crippen LogP contribution in [0, 0.1) is 11.3 Å². The molecule has 1 aliphatic heterocycles. The first-order valence-corrected chi connectivity index (χ1v) is 7.73. The van der Waals surface area contributed by atoms with Crippen LogP contribution in [0.3, 0.4) is 0 Å². The van der Waals surface area contributed by atoms with E-state index in [1.165, 1.54) is 0 Å². The van der Waals surface area contributed by atoms with Crippen LogP contribution in [0.5, 0.6) is 0 Å². The van der Waals surface area contributed by atoms with E-state index in [4.69, 9.17) is 11.6 Å². The molecule has 1 heterocycles. The van der Waals surface area contributed by atoms with Gasteiger partial charge in [0.25, 0.3) is 0 Å². The molecule has 0 aromatic heterocycles. The van der Waals surface area contributed by atoms with E-state index >= 15 is 0 Å². The molecule has 2 rings (SSSR count). The van der Waals surface area contributed by atoms with Crippen LogP contribution >= 0.6 is 23.4 Å². The highest BCUT2D eigenvalue weighted by atomic mass is 35.5. The van der Waals surface area contributed by atoms with Crippen molar-refractivity contribution < 1.29 is 0 Å². The Balaban J connectivity index is 2.35. The molecule has 1 fully saturated rings. The molecule has 4 heteroatoms. The lowest BCUT2D eigenvalue weighted by Crippen LogP contribution is -2.45. The number of thioether (sulfide) groups is 1.